The molecule has 0 saturated carbocycles. The molecule has 0 unspecified atom stereocenters. The van der Waals surface area contributed by atoms with Crippen molar-refractivity contribution >= 4 is 28.1 Å². The summed E-state index contributed by atoms with van der Waals surface area (Å²) in [5.41, 5.74) is 1.51. The minimum Gasteiger partial charge on any atom is -0.497 e. The number of aromatic nitrogens is 1. The largest absolute Gasteiger partial charge is 0.497 e. The first-order valence-corrected chi connectivity index (χ1v) is 6.65. The third kappa shape index (κ3) is 3.69. The topological polar surface area (TPSA) is 63.2 Å². The molecule has 2 N–H and O–H groups in total. The van der Waals surface area contributed by atoms with Crippen LogP contribution in [0.4, 0.5) is 10.8 Å². The zero-order valence-corrected chi connectivity index (χ0v) is 11.6. The number of carbonyl (C=O) groups is 1. The Morgan fingerprint density at radius 3 is 2.68 bits per heavy atom. The summed E-state index contributed by atoms with van der Waals surface area (Å²) in [4.78, 5) is 16.1. The van der Waals surface area contributed by atoms with Crippen LogP contribution in [0.5, 0.6) is 5.75 Å². The van der Waals surface area contributed by atoms with Gasteiger partial charge in [0.05, 0.1) is 19.2 Å². The number of benzene rings is 1. The van der Waals surface area contributed by atoms with E-state index in [2.05, 4.69) is 15.6 Å². The molecule has 0 atom stereocenters. The van der Waals surface area contributed by atoms with E-state index in [4.69, 9.17) is 4.74 Å². The van der Waals surface area contributed by atoms with Crippen molar-refractivity contribution in [3.63, 3.8) is 0 Å². The zero-order valence-electron chi connectivity index (χ0n) is 10.8. The van der Waals surface area contributed by atoms with E-state index in [9.17, 15) is 4.79 Å². The van der Waals surface area contributed by atoms with Crippen LogP contribution in [0, 0.1) is 0 Å². The van der Waals surface area contributed by atoms with Gasteiger partial charge >= 0.3 is 0 Å². The summed E-state index contributed by atoms with van der Waals surface area (Å²) < 4.78 is 5.06. The number of rotatable bonds is 5. The summed E-state index contributed by atoms with van der Waals surface area (Å²) in [5.74, 6) is 0.675. The van der Waals surface area contributed by atoms with Crippen LogP contribution >= 0.6 is 11.3 Å². The number of carbonyl (C=O) groups excluding carboxylic acids is 1. The molecule has 0 radical (unpaired) electrons. The minimum atomic E-state index is -0.0851. The van der Waals surface area contributed by atoms with Gasteiger partial charge < -0.3 is 15.4 Å². The number of methoxy groups -OCH3 is 1. The molecular weight excluding hydrogens is 262 g/mol. The summed E-state index contributed by atoms with van der Waals surface area (Å²) in [6, 6.07) is 7.21. The van der Waals surface area contributed by atoms with Crippen molar-refractivity contribution in [3.8, 4) is 5.75 Å². The molecule has 1 aromatic heterocycles. The third-order valence-electron chi connectivity index (χ3n) is 2.48. The van der Waals surface area contributed by atoms with Crippen LogP contribution in [-0.2, 0) is 11.2 Å². The van der Waals surface area contributed by atoms with Gasteiger partial charge in [0.15, 0.2) is 5.13 Å². The fourth-order valence-electron chi connectivity index (χ4n) is 1.55. The number of nitrogens with zero attached hydrogens (tertiary/aromatic N) is 1. The first kappa shape index (κ1) is 13.4. The van der Waals surface area contributed by atoms with Crippen molar-refractivity contribution in [2.45, 2.75) is 6.42 Å². The first-order chi connectivity index (χ1) is 9.21. The summed E-state index contributed by atoms with van der Waals surface area (Å²) >= 11 is 1.48. The van der Waals surface area contributed by atoms with Crippen molar-refractivity contribution in [1.82, 2.24) is 4.98 Å². The molecule has 1 amide bonds. The van der Waals surface area contributed by atoms with E-state index in [-0.39, 0.29) is 12.3 Å². The van der Waals surface area contributed by atoms with E-state index in [0.717, 1.165) is 22.3 Å². The van der Waals surface area contributed by atoms with Crippen molar-refractivity contribution in [1.29, 1.82) is 0 Å². The Kier molecular flexibility index (Phi) is 4.35. The molecule has 0 saturated heterocycles. The molecule has 1 aromatic carbocycles. The van der Waals surface area contributed by atoms with Gasteiger partial charge in [-0.2, -0.15) is 0 Å². The maximum atomic E-state index is 11.8. The predicted molar refractivity (Wildman–Crippen MR) is 77.0 cm³/mol. The molecule has 1 heterocycles. The average Bonchev–Trinajstić information content (AvgIpc) is 2.87. The number of nitrogens with one attached hydrogen (secondary N) is 2. The maximum absolute atomic E-state index is 11.8. The lowest BCUT2D eigenvalue weighted by Gasteiger charge is -2.05. The Balaban J connectivity index is 1.93. The summed E-state index contributed by atoms with van der Waals surface area (Å²) in [7, 11) is 3.41. The number of hydrogen-bond acceptors (Lipinski definition) is 5. The van der Waals surface area contributed by atoms with E-state index >= 15 is 0 Å². The standard InChI is InChI=1S/C13H15N3O2S/c1-14-13-16-10(8-19-13)7-12(17)15-9-3-5-11(18-2)6-4-9/h3-6,8H,7H2,1-2H3,(H,14,16)(H,15,17). The number of thiazole rings is 1. The van der Waals surface area contributed by atoms with Crippen LogP contribution in [0.25, 0.3) is 0 Å². The highest BCUT2D eigenvalue weighted by atomic mass is 32.1. The Bertz CT molecular complexity index is 551. The van der Waals surface area contributed by atoms with Crippen LogP contribution in [0.3, 0.4) is 0 Å². The lowest BCUT2D eigenvalue weighted by atomic mass is 10.2. The fraction of sp³-hybridized carbons (Fsp3) is 0.231. The molecule has 6 heteroatoms. The fourth-order valence-corrected chi connectivity index (χ4v) is 2.22. The molecule has 2 rings (SSSR count). The summed E-state index contributed by atoms with van der Waals surface area (Å²) in [6.45, 7) is 0. The Morgan fingerprint density at radius 1 is 1.37 bits per heavy atom. The Labute approximate surface area is 115 Å². The van der Waals surface area contributed by atoms with Gasteiger partial charge in [0.2, 0.25) is 5.91 Å². The predicted octanol–water partition coefficient (Wildman–Crippen LogP) is 2.37. The van der Waals surface area contributed by atoms with Gasteiger partial charge in [0.25, 0.3) is 0 Å². The molecule has 0 aliphatic heterocycles. The number of anilines is 2. The molecule has 100 valence electrons. The van der Waals surface area contributed by atoms with Crippen molar-refractivity contribution in [2.75, 3.05) is 24.8 Å². The lowest BCUT2D eigenvalue weighted by molar-refractivity contribution is -0.115. The molecular formula is C13H15N3O2S. The number of amides is 1. The average molecular weight is 277 g/mol. The van der Waals surface area contributed by atoms with Crippen LogP contribution in [0.1, 0.15) is 5.69 Å². The van der Waals surface area contributed by atoms with Crippen LogP contribution in [0.15, 0.2) is 29.6 Å². The van der Waals surface area contributed by atoms with E-state index in [1.54, 1.807) is 38.4 Å². The first-order valence-electron chi connectivity index (χ1n) is 5.77. The maximum Gasteiger partial charge on any atom is 0.230 e. The highest BCUT2D eigenvalue weighted by molar-refractivity contribution is 7.13. The number of hydrogen-bond donors (Lipinski definition) is 2. The van der Waals surface area contributed by atoms with Crippen LogP contribution < -0.4 is 15.4 Å². The highest BCUT2D eigenvalue weighted by Crippen LogP contribution is 2.17. The van der Waals surface area contributed by atoms with E-state index in [1.807, 2.05) is 5.38 Å². The molecule has 5 nitrogen and oxygen atoms in total. The Hall–Kier alpha value is -2.08. The second kappa shape index (κ2) is 6.19. The third-order valence-corrected chi connectivity index (χ3v) is 3.39. The van der Waals surface area contributed by atoms with E-state index in [0.29, 0.717) is 0 Å². The van der Waals surface area contributed by atoms with Crippen molar-refractivity contribution < 1.29 is 9.53 Å². The SMILES string of the molecule is CNc1nc(CC(=O)Nc2ccc(OC)cc2)cs1. The second-order valence-electron chi connectivity index (χ2n) is 3.85. The quantitative estimate of drug-likeness (QED) is 0.880. The minimum absolute atomic E-state index is 0.0851. The number of ether oxygens (including phenoxy) is 1. The lowest BCUT2D eigenvalue weighted by Crippen LogP contribution is -2.14. The van der Waals surface area contributed by atoms with Crippen LogP contribution in [0.2, 0.25) is 0 Å². The molecule has 0 aliphatic rings. The Morgan fingerprint density at radius 2 is 2.11 bits per heavy atom. The molecule has 0 bridgehead atoms. The van der Waals surface area contributed by atoms with Crippen molar-refractivity contribution in [2.24, 2.45) is 0 Å². The monoisotopic (exact) mass is 277 g/mol. The summed E-state index contributed by atoms with van der Waals surface area (Å²) in [5, 5.41) is 8.45. The molecule has 0 aliphatic carbocycles. The van der Waals surface area contributed by atoms with Crippen molar-refractivity contribution in [3.05, 3.63) is 35.3 Å². The highest BCUT2D eigenvalue weighted by Gasteiger charge is 2.07. The van der Waals surface area contributed by atoms with Crippen LogP contribution in [-0.4, -0.2) is 25.0 Å². The molecule has 0 spiro atoms. The van der Waals surface area contributed by atoms with Gasteiger partial charge in [-0.3, -0.25) is 4.79 Å². The van der Waals surface area contributed by atoms with Gasteiger partial charge in [-0.25, -0.2) is 4.98 Å². The van der Waals surface area contributed by atoms with Gasteiger partial charge in [-0.15, -0.1) is 11.3 Å². The molecule has 19 heavy (non-hydrogen) atoms. The summed E-state index contributed by atoms with van der Waals surface area (Å²) in [6.07, 6.45) is 0.268. The van der Waals surface area contributed by atoms with Gasteiger partial charge in [-0.1, -0.05) is 0 Å². The molecule has 0 fully saturated rings. The second-order valence-corrected chi connectivity index (χ2v) is 4.71. The van der Waals surface area contributed by atoms with Gasteiger partial charge in [0, 0.05) is 18.1 Å². The van der Waals surface area contributed by atoms with E-state index < -0.39 is 0 Å². The smallest absolute Gasteiger partial charge is 0.230 e. The van der Waals surface area contributed by atoms with Gasteiger partial charge in [0.1, 0.15) is 5.75 Å². The van der Waals surface area contributed by atoms with Gasteiger partial charge in [-0.05, 0) is 24.3 Å². The molecule has 2 aromatic rings. The zero-order chi connectivity index (χ0) is 13.7. The normalized spacial score (nSPS) is 10.0. The van der Waals surface area contributed by atoms with E-state index in [1.165, 1.54) is 11.3 Å².